The van der Waals surface area contributed by atoms with Crippen molar-refractivity contribution in [2.24, 2.45) is 23.2 Å². The van der Waals surface area contributed by atoms with E-state index in [1.807, 2.05) is 6.92 Å². The molecule has 19 heavy (non-hydrogen) atoms. The van der Waals surface area contributed by atoms with E-state index in [9.17, 15) is 9.90 Å². The van der Waals surface area contributed by atoms with Gasteiger partial charge in [0.15, 0.2) is 0 Å². The molecule has 0 heterocycles. The van der Waals surface area contributed by atoms with Crippen molar-refractivity contribution in [3.8, 4) is 0 Å². The Morgan fingerprint density at radius 3 is 2.74 bits per heavy atom. The SMILES string of the molecule is C[C@H](CCC[C@@H](C)O)C1CC[C@H]2C(=O)CCC[C@]12C. The first-order chi connectivity index (χ1) is 8.95. The summed E-state index contributed by atoms with van der Waals surface area (Å²) in [5.41, 5.74) is 0.277. The number of rotatable bonds is 5. The predicted molar refractivity (Wildman–Crippen MR) is 77.9 cm³/mol. The molecule has 0 bridgehead atoms. The summed E-state index contributed by atoms with van der Waals surface area (Å²) in [6.45, 7) is 6.61. The molecular formula is C17H30O2. The maximum atomic E-state index is 12.1. The zero-order chi connectivity index (χ0) is 14.0. The third-order valence-corrected chi connectivity index (χ3v) is 5.90. The minimum Gasteiger partial charge on any atom is -0.393 e. The normalized spacial score (nSPS) is 38.0. The molecule has 0 aromatic rings. The summed E-state index contributed by atoms with van der Waals surface area (Å²) in [5, 5.41) is 9.36. The lowest BCUT2D eigenvalue weighted by Gasteiger charge is -2.42. The van der Waals surface area contributed by atoms with Crippen LogP contribution < -0.4 is 0 Å². The molecule has 2 nitrogen and oxygen atoms in total. The highest BCUT2D eigenvalue weighted by Crippen LogP contribution is 2.57. The minimum atomic E-state index is -0.171. The van der Waals surface area contributed by atoms with Crippen LogP contribution in [0.25, 0.3) is 0 Å². The average Bonchev–Trinajstić information content (AvgIpc) is 2.67. The van der Waals surface area contributed by atoms with Crippen molar-refractivity contribution in [3.05, 3.63) is 0 Å². The molecule has 0 aromatic carbocycles. The van der Waals surface area contributed by atoms with Crippen LogP contribution in [0.3, 0.4) is 0 Å². The summed E-state index contributed by atoms with van der Waals surface area (Å²) >= 11 is 0. The van der Waals surface area contributed by atoms with Gasteiger partial charge in [0.25, 0.3) is 0 Å². The molecule has 1 unspecified atom stereocenters. The van der Waals surface area contributed by atoms with Crippen molar-refractivity contribution in [1.29, 1.82) is 0 Å². The Morgan fingerprint density at radius 2 is 2.05 bits per heavy atom. The number of carbonyl (C=O) groups excluding carboxylic acids is 1. The molecule has 0 amide bonds. The van der Waals surface area contributed by atoms with E-state index in [4.69, 9.17) is 0 Å². The predicted octanol–water partition coefficient (Wildman–Crippen LogP) is 3.96. The average molecular weight is 266 g/mol. The van der Waals surface area contributed by atoms with Gasteiger partial charge in [-0.3, -0.25) is 4.79 Å². The zero-order valence-corrected chi connectivity index (χ0v) is 12.8. The fourth-order valence-corrected chi connectivity index (χ4v) is 4.84. The van der Waals surface area contributed by atoms with E-state index in [2.05, 4.69) is 13.8 Å². The lowest BCUT2D eigenvalue weighted by molar-refractivity contribution is -0.130. The lowest BCUT2D eigenvalue weighted by atomic mass is 9.62. The number of hydrogen-bond donors (Lipinski definition) is 1. The Bertz CT molecular complexity index is 323. The molecule has 2 heteroatoms. The summed E-state index contributed by atoms with van der Waals surface area (Å²) in [5.74, 6) is 2.30. The third-order valence-electron chi connectivity index (χ3n) is 5.90. The zero-order valence-electron chi connectivity index (χ0n) is 12.8. The van der Waals surface area contributed by atoms with Gasteiger partial charge in [-0.05, 0) is 56.3 Å². The van der Waals surface area contributed by atoms with Crippen LogP contribution in [0.2, 0.25) is 0 Å². The minimum absolute atomic E-state index is 0.171. The van der Waals surface area contributed by atoms with E-state index in [-0.39, 0.29) is 11.5 Å². The highest BCUT2D eigenvalue weighted by molar-refractivity contribution is 5.83. The summed E-state index contributed by atoms with van der Waals surface area (Å²) in [7, 11) is 0. The molecule has 2 aliphatic rings. The van der Waals surface area contributed by atoms with E-state index in [1.165, 1.54) is 19.3 Å². The van der Waals surface area contributed by atoms with E-state index >= 15 is 0 Å². The van der Waals surface area contributed by atoms with E-state index in [0.29, 0.717) is 17.6 Å². The molecule has 0 aliphatic heterocycles. The van der Waals surface area contributed by atoms with Crippen LogP contribution >= 0.6 is 0 Å². The molecule has 0 radical (unpaired) electrons. The third kappa shape index (κ3) is 3.04. The molecule has 2 aliphatic carbocycles. The van der Waals surface area contributed by atoms with Crippen LogP contribution in [0, 0.1) is 23.2 Å². The van der Waals surface area contributed by atoms with E-state index in [0.717, 1.165) is 38.0 Å². The van der Waals surface area contributed by atoms with Gasteiger partial charge in [0.1, 0.15) is 5.78 Å². The summed E-state index contributed by atoms with van der Waals surface area (Å²) in [4.78, 5) is 12.1. The van der Waals surface area contributed by atoms with Crippen molar-refractivity contribution in [3.63, 3.8) is 0 Å². The smallest absolute Gasteiger partial charge is 0.136 e. The number of hydrogen-bond acceptors (Lipinski definition) is 2. The molecule has 2 fully saturated rings. The second-order valence-corrected chi connectivity index (χ2v) is 7.32. The van der Waals surface area contributed by atoms with Gasteiger partial charge in [-0.2, -0.15) is 0 Å². The Hall–Kier alpha value is -0.370. The fraction of sp³-hybridized carbons (Fsp3) is 0.941. The quantitative estimate of drug-likeness (QED) is 0.818. The van der Waals surface area contributed by atoms with Gasteiger partial charge in [-0.15, -0.1) is 0 Å². The Kier molecular flexibility index (Phi) is 4.70. The van der Waals surface area contributed by atoms with Gasteiger partial charge >= 0.3 is 0 Å². The number of aliphatic hydroxyl groups is 1. The monoisotopic (exact) mass is 266 g/mol. The molecule has 0 aromatic heterocycles. The second kappa shape index (κ2) is 5.95. The van der Waals surface area contributed by atoms with Gasteiger partial charge in [-0.25, -0.2) is 0 Å². The molecular weight excluding hydrogens is 236 g/mol. The number of ketones is 1. The molecule has 2 rings (SSSR count). The molecule has 1 N–H and O–H groups in total. The van der Waals surface area contributed by atoms with Crippen molar-refractivity contribution in [2.45, 2.75) is 78.2 Å². The maximum absolute atomic E-state index is 12.1. The number of fused-ring (bicyclic) bond motifs is 1. The molecule has 5 atom stereocenters. The summed E-state index contributed by atoms with van der Waals surface area (Å²) in [6.07, 6.45) is 8.59. The maximum Gasteiger partial charge on any atom is 0.136 e. The molecule has 0 spiro atoms. The van der Waals surface area contributed by atoms with Crippen LogP contribution in [-0.4, -0.2) is 17.0 Å². The molecule has 110 valence electrons. The Balaban J connectivity index is 1.95. The summed E-state index contributed by atoms with van der Waals surface area (Å²) < 4.78 is 0. The van der Waals surface area contributed by atoms with Gasteiger partial charge in [0.2, 0.25) is 0 Å². The molecule has 0 saturated heterocycles. The van der Waals surface area contributed by atoms with E-state index < -0.39 is 0 Å². The lowest BCUT2D eigenvalue weighted by Crippen LogP contribution is -2.39. The van der Waals surface area contributed by atoms with Crippen molar-refractivity contribution in [2.75, 3.05) is 0 Å². The largest absolute Gasteiger partial charge is 0.393 e. The summed E-state index contributed by atoms with van der Waals surface area (Å²) in [6, 6.07) is 0. The number of carbonyl (C=O) groups is 1. The topological polar surface area (TPSA) is 37.3 Å². The van der Waals surface area contributed by atoms with Crippen molar-refractivity contribution >= 4 is 5.78 Å². The van der Waals surface area contributed by atoms with Crippen LogP contribution in [0.1, 0.15) is 72.1 Å². The first-order valence-electron chi connectivity index (χ1n) is 8.16. The van der Waals surface area contributed by atoms with Crippen LogP contribution in [-0.2, 0) is 4.79 Å². The van der Waals surface area contributed by atoms with Crippen LogP contribution in [0.5, 0.6) is 0 Å². The van der Waals surface area contributed by atoms with Gasteiger partial charge in [0, 0.05) is 12.3 Å². The Morgan fingerprint density at radius 1 is 1.32 bits per heavy atom. The van der Waals surface area contributed by atoms with Gasteiger partial charge in [-0.1, -0.05) is 26.7 Å². The standard InChI is InChI=1S/C17H30O2/c1-12(6-4-7-13(2)18)14-9-10-15-16(19)8-5-11-17(14,15)3/h12-15,18H,4-11H2,1-3H3/t12-,13-,14?,15+,17-/m1/s1. The molecule has 2 saturated carbocycles. The number of aliphatic hydroxyl groups excluding tert-OH is 1. The first-order valence-corrected chi connectivity index (χ1v) is 8.16. The Labute approximate surface area is 118 Å². The van der Waals surface area contributed by atoms with E-state index in [1.54, 1.807) is 0 Å². The number of Topliss-reactive ketones (excluding diaryl/α,β-unsaturated/α-hetero) is 1. The highest BCUT2D eigenvalue weighted by atomic mass is 16.3. The van der Waals surface area contributed by atoms with Gasteiger partial charge in [0.05, 0.1) is 6.10 Å². The second-order valence-electron chi connectivity index (χ2n) is 7.32. The first kappa shape index (κ1) is 15.0. The van der Waals surface area contributed by atoms with Crippen molar-refractivity contribution < 1.29 is 9.90 Å². The van der Waals surface area contributed by atoms with Crippen LogP contribution in [0.15, 0.2) is 0 Å². The van der Waals surface area contributed by atoms with Gasteiger partial charge < -0.3 is 5.11 Å². The highest BCUT2D eigenvalue weighted by Gasteiger charge is 2.52. The fourth-order valence-electron chi connectivity index (χ4n) is 4.84. The van der Waals surface area contributed by atoms with Crippen molar-refractivity contribution in [1.82, 2.24) is 0 Å². The van der Waals surface area contributed by atoms with Crippen LogP contribution in [0.4, 0.5) is 0 Å².